The molecule has 7 heteroatoms. The van der Waals surface area contributed by atoms with Crippen molar-refractivity contribution in [3.63, 3.8) is 0 Å². The van der Waals surface area contributed by atoms with Gasteiger partial charge in [-0.25, -0.2) is 4.79 Å². The number of thiophene rings is 1. The molecule has 0 amide bonds. The summed E-state index contributed by atoms with van der Waals surface area (Å²) < 4.78 is 3.10. The van der Waals surface area contributed by atoms with Crippen molar-refractivity contribution in [2.45, 2.75) is 26.9 Å². The minimum Gasteiger partial charge on any atom is -0.298 e. The monoisotopic (exact) mass is 366 g/mol. The van der Waals surface area contributed by atoms with Crippen molar-refractivity contribution >= 4 is 21.6 Å². The van der Waals surface area contributed by atoms with Gasteiger partial charge in [-0.1, -0.05) is 30.3 Å². The fourth-order valence-electron chi connectivity index (χ4n) is 3.15. The van der Waals surface area contributed by atoms with E-state index in [9.17, 15) is 9.59 Å². The van der Waals surface area contributed by atoms with E-state index < -0.39 is 0 Å². The molecule has 0 aliphatic heterocycles. The van der Waals surface area contributed by atoms with E-state index in [2.05, 4.69) is 22.2 Å². The largest absolute Gasteiger partial charge is 0.329 e. The van der Waals surface area contributed by atoms with Crippen LogP contribution in [0.25, 0.3) is 20.7 Å². The van der Waals surface area contributed by atoms with Crippen LogP contribution in [0.2, 0.25) is 0 Å². The Morgan fingerprint density at radius 2 is 1.96 bits per heavy atom. The first-order valence-corrected chi connectivity index (χ1v) is 9.23. The van der Waals surface area contributed by atoms with Crippen LogP contribution in [0.1, 0.15) is 18.1 Å². The van der Waals surface area contributed by atoms with Crippen molar-refractivity contribution in [2.75, 3.05) is 0 Å². The lowest BCUT2D eigenvalue weighted by atomic mass is 10.1. The van der Waals surface area contributed by atoms with Crippen LogP contribution in [0.4, 0.5) is 0 Å². The molecule has 1 N–H and O–H groups in total. The second kappa shape index (κ2) is 6.42. The number of hydrogen-bond donors (Lipinski definition) is 1. The second-order valence-corrected chi connectivity index (χ2v) is 7.17. The van der Waals surface area contributed by atoms with Gasteiger partial charge >= 0.3 is 5.69 Å². The molecule has 0 aliphatic rings. The molecule has 4 rings (SSSR count). The zero-order valence-electron chi connectivity index (χ0n) is 14.5. The highest BCUT2D eigenvalue weighted by atomic mass is 32.1. The third-order valence-corrected chi connectivity index (χ3v) is 5.73. The maximum Gasteiger partial charge on any atom is 0.329 e. The molecular weight excluding hydrogens is 348 g/mol. The van der Waals surface area contributed by atoms with E-state index in [1.165, 1.54) is 21.5 Å². The van der Waals surface area contributed by atoms with Crippen LogP contribution in [0.5, 0.6) is 0 Å². The predicted molar refractivity (Wildman–Crippen MR) is 104 cm³/mol. The zero-order chi connectivity index (χ0) is 18.3. The summed E-state index contributed by atoms with van der Waals surface area (Å²) in [6, 6.07) is 10.1. The number of aryl methyl sites for hydroxylation is 1. The number of benzene rings is 1. The molecule has 132 valence electrons. The fourth-order valence-corrected chi connectivity index (χ4v) is 4.31. The number of H-pyrrole nitrogens is 1. The third-order valence-electron chi connectivity index (χ3n) is 4.47. The molecule has 0 atom stereocenters. The van der Waals surface area contributed by atoms with Crippen molar-refractivity contribution in [1.29, 1.82) is 0 Å². The van der Waals surface area contributed by atoms with Crippen molar-refractivity contribution < 1.29 is 0 Å². The van der Waals surface area contributed by atoms with Gasteiger partial charge in [0.05, 0.1) is 18.1 Å². The van der Waals surface area contributed by atoms with E-state index >= 15 is 0 Å². The Labute approximate surface area is 153 Å². The third kappa shape index (κ3) is 2.70. The molecule has 4 aromatic rings. The standard InChI is InChI=1S/C19H18N4O2S/c1-3-23-18(24)15-12(2)16(26-17(15)21-19(23)25)14-9-20-22(11-14)10-13-7-5-4-6-8-13/h4-9,11H,3,10H2,1-2H3,(H,21,25). The molecule has 1 aromatic carbocycles. The minimum atomic E-state index is -0.363. The molecule has 0 bridgehead atoms. The molecule has 6 nitrogen and oxygen atoms in total. The number of nitrogens with one attached hydrogen (secondary N) is 1. The summed E-state index contributed by atoms with van der Waals surface area (Å²) in [4.78, 5) is 29.1. The highest BCUT2D eigenvalue weighted by molar-refractivity contribution is 7.22. The molecular formula is C19H18N4O2S. The summed E-state index contributed by atoms with van der Waals surface area (Å²) in [6.07, 6.45) is 3.78. The lowest BCUT2D eigenvalue weighted by molar-refractivity contribution is 0.685. The van der Waals surface area contributed by atoms with Gasteiger partial charge in [0, 0.05) is 23.2 Å². The number of nitrogens with zero attached hydrogens (tertiary/aromatic N) is 3. The Bertz CT molecular complexity index is 1200. The molecule has 0 saturated carbocycles. The van der Waals surface area contributed by atoms with Crippen LogP contribution in [0, 0.1) is 6.92 Å². The molecule has 26 heavy (non-hydrogen) atoms. The molecule has 0 radical (unpaired) electrons. The van der Waals surface area contributed by atoms with E-state index in [-0.39, 0.29) is 11.2 Å². The normalized spacial score (nSPS) is 11.3. The first-order chi connectivity index (χ1) is 12.6. The summed E-state index contributed by atoms with van der Waals surface area (Å²) in [5, 5.41) is 5.03. The summed E-state index contributed by atoms with van der Waals surface area (Å²) in [7, 11) is 0. The fraction of sp³-hybridized carbons (Fsp3) is 0.211. The number of hydrogen-bond acceptors (Lipinski definition) is 4. The van der Waals surface area contributed by atoms with Crippen LogP contribution < -0.4 is 11.2 Å². The van der Waals surface area contributed by atoms with Crippen LogP contribution in [-0.2, 0) is 13.1 Å². The summed E-state index contributed by atoms with van der Waals surface area (Å²) in [5.74, 6) is 0. The van der Waals surface area contributed by atoms with Gasteiger partial charge in [-0.15, -0.1) is 11.3 Å². The molecule has 0 fully saturated rings. The zero-order valence-corrected chi connectivity index (χ0v) is 15.3. The van der Waals surface area contributed by atoms with Crippen molar-refractivity contribution in [1.82, 2.24) is 19.3 Å². The van der Waals surface area contributed by atoms with Gasteiger partial charge in [0.25, 0.3) is 5.56 Å². The van der Waals surface area contributed by atoms with E-state index in [0.29, 0.717) is 23.3 Å². The second-order valence-electron chi connectivity index (χ2n) is 6.15. The van der Waals surface area contributed by atoms with Crippen molar-refractivity contribution in [2.24, 2.45) is 0 Å². The lowest BCUT2D eigenvalue weighted by Crippen LogP contribution is -2.34. The SMILES string of the molecule is CCn1c(=O)[nH]c2sc(-c3cnn(Cc4ccccc4)c3)c(C)c2c1=O. The van der Waals surface area contributed by atoms with Crippen molar-refractivity contribution in [3.8, 4) is 10.4 Å². The molecule has 3 heterocycles. The van der Waals surface area contributed by atoms with Crippen LogP contribution in [-0.4, -0.2) is 19.3 Å². The molecule has 0 aliphatic carbocycles. The topological polar surface area (TPSA) is 72.7 Å². The smallest absolute Gasteiger partial charge is 0.298 e. The number of aromatic amines is 1. The lowest BCUT2D eigenvalue weighted by Gasteiger charge is -2.01. The Balaban J connectivity index is 1.78. The molecule has 0 saturated heterocycles. The highest BCUT2D eigenvalue weighted by Gasteiger charge is 2.17. The van der Waals surface area contributed by atoms with Gasteiger partial charge in [-0.05, 0) is 25.0 Å². The van der Waals surface area contributed by atoms with Crippen molar-refractivity contribution in [3.05, 3.63) is 74.7 Å². The van der Waals surface area contributed by atoms with Gasteiger partial charge in [-0.3, -0.25) is 19.0 Å². The Morgan fingerprint density at radius 3 is 2.69 bits per heavy atom. The van der Waals surface area contributed by atoms with E-state index in [4.69, 9.17) is 0 Å². The predicted octanol–water partition coefficient (Wildman–Crippen LogP) is 2.99. The highest BCUT2D eigenvalue weighted by Crippen LogP contribution is 2.35. The van der Waals surface area contributed by atoms with E-state index in [1.807, 2.05) is 36.0 Å². The van der Waals surface area contributed by atoms with Gasteiger partial charge in [0.15, 0.2) is 0 Å². The first-order valence-electron chi connectivity index (χ1n) is 8.41. The minimum absolute atomic E-state index is 0.233. The average molecular weight is 366 g/mol. The van der Waals surface area contributed by atoms with Gasteiger partial charge in [-0.2, -0.15) is 5.10 Å². The first kappa shape index (κ1) is 16.5. The number of fused-ring (bicyclic) bond motifs is 1. The summed E-state index contributed by atoms with van der Waals surface area (Å²) >= 11 is 1.42. The van der Waals surface area contributed by atoms with Crippen LogP contribution in [0.3, 0.4) is 0 Å². The maximum atomic E-state index is 12.6. The summed E-state index contributed by atoms with van der Waals surface area (Å²) in [5.41, 5.74) is 2.40. The van der Waals surface area contributed by atoms with Crippen LogP contribution >= 0.6 is 11.3 Å². The Morgan fingerprint density at radius 1 is 1.19 bits per heavy atom. The summed E-state index contributed by atoms with van der Waals surface area (Å²) in [6.45, 7) is 4.75. The molecule has 0 unspecified atom stereocenters. The molecule has 0 spiro atoms. The quantitative estimate of drug-likeness (QED) is 0.603. The van der Waals surface area contributed by atoms with E-state index in [0.717, 1.165) is 16.0 Å². The number of rotatable bonds is 4. The van der Waals surface area contributed by atoms with Crippen LogP contribution in [0.15, 0.2) is 52.3 Å². The molecule has 3 aromatic heterocycles. The van der Waals surface area contributed by atoms with E-state index in [1.54, 1.807) is 13.1 Å². The number of aromatic nitrogens is 4. The maximum absolute atomic E-state index is 12.6. The Kier molecular flexibility index (Phi) is 4.08. The average Bonchev–Trinajstić information content (AvgIpc) is 3.20. The Hall–Kier alpha value is -2.93. The van der Waals surface area contributed by atoms with Gasteiger partial charge < -0.3 is 0 Å². The van der Waals surface area contributed by atoms with Gasteiger partial charge in [0.1, 0.15) is 4.83 Å². The van der Waals surface area contributed by atoms with Gasteiger partial charge in [0.2, 0.25) is 0 Å².